The highest BCUT2D eigenvalue weighted by Crippen LogP contribution is 2.22. The SMILES string of the molecule is Cc1ccc(F)c(C(=O)N(CC(=O)O)CC(F)(F)F)c1F. The van der Waals surface area contributed by atoms with E-state index in [0.717, 1.165) is 12.1 Å². The molecular weight excluding hydrogens is 301 g/mol. The number of amides is 1. The smallest absolute Gasteiger partial charge is 0.406 e. The van der Waals surface area contributed by atoms with Crippen LogP contribution in [0.3, 0.4) is 0 Å². The lowest BCUT2D eigenvalue weighted by molar-refractivity contribution is -0.149. The maximum atomic E-state index is 13.7. The Morgan fingerprint density at radius 3 is 2.29 bits per heavy atom. The van der Waals surface area contributed by atoms with E-state index >= 15 is 0 Å². The molecule has 116 valence electrons. The molecule has 0 heterocycles. The number of aryl methyl sites for hydroxylation is 1. The third kappa shape index (κ3) is 4.40. The molecule has 0 aromatic heterocycles. The van der Waals surface area contributed by atoms with Crippen molar-refractivity contribution < 1.29 is 36.6 Å². The summed E-state index contributed by atoms with van der Waals surface area (Å²) in [7, 11) is 0. The zero-order valence-corrected chi connectivity index (χ0v) is 10.7. The van der Waals surface area contributed by atoms with Crippen molar-refractivity contribution in [3.8, 4) is 0 Å². The molecule has 0 aliphatic rings. The Labute approximate surface area is 115 Å². The fourth-order valence-corrected chi connectivity index (χ4v) is 1.59. The number of alkyl halides is 3. The second-order valence-electron chi connectivity index (χ2n) is 4.22. The topological polar surface area (TPSA) is 57.6 Å². The zero-order chi connectivity index (χ0) is 16.4. The number of nitrogens with zero attached hydrogens (tertiary/aromatic N) is 1. The molecule has 9 heteroatoms. The van der Waals surface area contributed by atoms with Gasteiger partial charge >= 0.3 is 12.1 Å². The molecule has 0 aliphatic carbocycles. The van der Waals surface area contributed by atoms with E-state index in [1.807, 2.05) is 0 Å². The monoisotopic (exact) mass is 311 g/mol. The summed E-state index contributed by atoms with van der Waals surface area (Å²) < 4.78 is 64.2. The molecule has 0 aliphatic heterocycles. The molecule has 1 aromatic carbocycles. The molecule has 1 rings (SSSR count). The van der Waals surface area contributed by atoms with Gasteiger partial charge in [0.25, 0.3) is 5.91 Å². The van der Waals surface area contributed by atoms with E-state index in [2.05, 4.69) is 0 Å². The van der Waals surface area contributed by atoms with Gasteiger partial charge in [0, 0.05) is 0 Å². The first-order chi connectivity index (χ1) is 9.53. The van der Waals surface area contributed by atoms with Crippen molar-refractivity contribution >= 4 is 11.9 Å². The highest BCUT2D eigenvalue weighted by atomic mass is 19.4. The minimum atomic E-state index is -4.90. The minimum Gasteiger partial charge on any atom is -0.480 e. The predicted octanol–water partition coefficient (Wildman–Crippen LogP) is 2.36. The second-order valence-corrected chi connectivity index (χ2v) is 4.22. The van der Waals surface area contributed by atoms with Gasteiger partial charge < -0.3 is 10.0 Å². The summed E-state index contributed by atoms with van der Waals surface area (Å²) in [4.78, 5) is 22.2. The first kappa shape index (κ1) is 16.9. The fraction of sp³-hybridized carbons (Fsp3) is 0.333. The predicted molar refractivity (Wildman–Crippen MR) is 60.7 cm³/mol. The highest BCUT2D eigenvalue weighted by molar-refractivity contribution is 5.96. The van der Waals surface area contributed by atoms with E-state index in [4.69, 9.17) is 5.11 Å². The van der Waals surface area contributed by atoms with Crippen molar-refractivity contribution in [3.05, 3.63) is 34.9 Å². The number of carboxylic acid groups (broad SMARTS) is 1. The fourth-order valence-electron chi connectivity index (χ4n) is 1.59. The number of carbonyl (C=O) groups is 2. The van der Waals surface area contributed by atoms with Gasteiger partial charge in [-0.15, -0.1) is 0 Å². The van der Waals surface area contributed by atoms with Crippen molar-refractivity contribution in [1.29, 1.82) is 0 Å². The molecule has 0 saturated heterocycles. The number of hydrogen-bond donors (Lipinski definition) is 1. The molecular formula is C12H10F5NO3. The Morgan fingerprint density at radius 1 is 1.24 bits per heavy atom. The average molecular weight is 311 g/mol. The average Bonchev–Trinajstić information content (AvgIpc) is 2.31. The van der Waals surface area contributed by atoms with Crippen LogP contribution in [0.4, 0.5) is 22.0 Å². The molecule has 0 bridgehead atoms. The number of aliphatic carboxylic acids is 1. The zero-order valence-electron chi connectivity index (χ0n) is 10.7. The number of carboxylic acids is 1. The van der Waals surface area contributed by atoms with E-state index in [1.54, 1.807) is 0 Å². The van der Waals surface area contributed by atoms with E-state index in [9.17, 15) is 31.5 Å². The Hall–Kier alpha value is -2.19. The Kier molecular flexibility index (Phi) is 4.87. The minimum absolute atomic E-state index is 0.151. The van der Waals surface area contributed by atoms with Crippen LogP contribution in [0.15, 0.2) is 12.1 Å². The normalized spacial score (nSPS) is 11.3. The van der Waals surface area contributed by atoms with Gasteiger partial charge in [0.1, 0.15) is 30.3 Å². The van der Waals surface area contributed by atoms with Gasteiger partial charge in [-0.2, -0.15) is 13.2 Å². The summed E-state index contributed by atoms with van der Waals surface area (Å²) in [5, 5.41) is 8.52. The van der Waals surface area contributed by atoms with Gasteiger partial charge in [0.05, 0.1) is 0 Å². The lowest BCUT2D eigenvalue weighted by Gasteiger charge is -2.22. The molecule has 0 spiro atoms. The molecule has 1 amide bonds. The largest absolute Gasteiger partial charge is 0.480 e. The van der Waals surface area contributed by atoms with Gasteiger partial charge in [-0.25, -0.2) is 8.78 Å². The Balaban J connectivity index is 3.23. The number of hydrogen-bond acceptors (Lipinski definition) is 2. The quantitative estimate of drug-likeness (QED) is 0.869. The van der Waals surface area contributed by atoms with Crippen LogP contribution in [-0.2, 0) is 4.79 Å². The molecule has 4 nitrogen and oxygen atoms in total. The Morgan fingerprint density at radius 2 is 1.81 bits per heavy atom. The van der Waals surface area contributed by atoms with Crippen LogP contribution < -0.4 is 0 Å². The lowest BCUT2D eigenvalue weighted by Crippen LogP contribution is -2.42. The third-order valence-electron chi connectivity index (χ3n) is 2.48. The third-order valence-corrected chi connectivity index (χ3v) is 2.48. The molecule has 0 unspecified atom stereocenters. The van der Waals surface area contributed by atoms with Crippen molar-refractivity contribution in [3.63, 3.8) is 0 Å². The molecule has 0 radical (unpaired) electrons. The molecule has 21 heavy (non-hydrogen) atoms. The van der Waals surface area contributed by atoms with Crippen LogP contribution in [-0.4, -0.2) is 41.1 Å². The molecule has 1 N–H and O–H groups in total. The van der Waals surface area contributed by atoms with E-state index in [1.165, 1.54) is 6.92 Å². The summed E-state index contributed by atoms with van der Waals surface area (Å²) in [6.45, 7) is -2.06. The van der Waals surface area contributed by atoms with Crippen molar-refractivity contribution in [2.45, 2.75) is 13.1 Å². The van der Waals surface area contributed by atoms with Gasteiger partial charge in [0.15, 0.2) is 0 Å². The summed E-state index contributed by atoms with van der Waals surface area (Å²) in [5.41, 5.74) is -1.36. The molecule has 1 aromatic rings. The number of benzene rings is 1. The summed E-state index contributed by atoms with van der Waals surface area (Å²) in [5.74, 6) is -6.09. The van der Waals surface area contributed by atoms with Crippen molar-refractivity contribution in [2.75, 3.05) is 13.1 Å². The maximum Gasteiger partial charge on any atom is 0.406 e. The maximum absolute atomic E-state index is 13.7. The molecule has 0 fully saturated rings. The van der Waals surface area contributed by atoms with Crippen LogP contribution in [0.2, 0.25) is 0 Å². The van der Waals surface area contributed by atoms with Crippen LogP contribution in [0.25, 0.3) is 0 Å². The van der Waals surface area contributed by atoms with Gasteiger partial charge in [-0.3, -0.25) is 9.59 Å². The van der Waals surface area contributed by atoms with Crippen molar-refractivity contribution in [2.24, 2.45) is 0 Å². The number of rotatable bonds is 4. The van der Waals surface area contributed by atoms with Gasteiger partial charge in [0.2, 0.25) is 0 Å². The van der Waals surface area contributed by atoms with E-state index in [0.29, 0.717) is 0 Å². The Bertz CT molecular complexity index is 571. The van der Waals surface area contributed by atoms with Gasteiger partial charge in [-0.1, -0.05) is 6.07 Å². The summed E-state index contributed by atoms with van der Waals surface area (Å²) in [6, 6.07) is 1.73. The molecule has 0 atom stereocenters. The van der Waals surface area contributed by atoms with E-state index < -0.39 is 48.3 Å². The van der Waals surface area contributed by atoms with Crippen LogP contribution >= 0.6 is 0 Å². The van der Waals surface area contributed by atoms with E-state index in [-0.39, 0.29) is 10.5 Å². The summed E-state index contributed by atoms with van der Waals surface area (Å²) >= 11 is 0. The second kappa shape index (κ2) is 6.06. The standard InChI is InChI=1S/C12H10F5NO3/c1-6-2-3-7(13)9(10(6)14)11(21)18(4-8(19)20)5-12(15,16)17/h2-3H,4-5H2,1H3,(H,19,20). The van der Waals surface area contributed by atoms with Gasteiger partial charge in [-0.05, 0) is 18.6 Å². The van der Waals surface area contributed by atoms with Crippen LogP contribution in [0, 0.1) is 18.6 Å². The summed E-state index contributed by atoms with van der Waals surface area (Å²) in [6.07, 6.45) is -4.90. The van der Waals surface area contributed by atoms with Crippen molar-refractivity contribution in [1.82, 2.24) is 4.90 Å². The first-order valence-corrected chi connectivity index (χ1v) is 5.55. The molecule has 0 saturated carbocycles. The lowest BCUT2D eigenvalue weighted by atomic mass is 10.1. The van der Waals surface area contributed by atoms with Crippen LogP contribution in [0.1, 0.15) is 15.9 Å². The van der Waals surface area contributed by atoms with Crippen LogP contribution in [0.5, 0.6) is 0 Å². The first-order valence-electron chi connectivity index (χ1n) is 5.55. The highest BCUT2D eigenvalue weighted by Gasteiger charge is 2.36. The number of halogens is 5. The number of carbonyl (C=O) groups excluding carboxylic acids is 1.